The predicted octanol–water partition coefficient (Wildman–Crippen LogP) is 13.1. The van der Waals surface area contributed by atoms with Crippen LogP contribution < -0.4 is 0 Å². The number of thiophene rings is 2. The summed E-state index contributed by atoms with van der Waals surface area (Å²) in [7, 11) is 0. The smallest absolute Gasteiger partial charge is 0.164 e. The van der Waals surface area contributed by atoms with Crippen LogP contribution in [0.15, 0.2) is 84.2 Å². The Hall–Kier alpha value is -3.22. The van der Waals surface area contributed by atoms with Crippen molar-refractivity contribution in [1.82, 2.24) is 9.97 Å². The number of nitrogens with zero attached hydrogens (tertiary/aromatic N) is 2. The number of carbonyl (C=O) groups is 1. The van der Waals surface area contributed by atoms with E-state index in [1.165, 1.54) is 37.6 Å². The molecule has 50 heavy (non-hydrogen) atoms. The molecule has 6 aromatic rings. The van der Waals surface area contributed by atoms with Gasteiger partial charge in [-0.25, -0.2) is 4.98 Å². The molecular weight excluding hydrogens is 833 g/mol. The fraction of sp³-hybridized carbons (Fsp3) is 0.372. The van der Waals surface area contributed by atoms with E-state index in [1.54, 1.807) is 29.0 Å². The number of fused-ring (bicyclic) bond motifs is 3. The van der Waals surface area contributed by atoms with Crippen LogP contribution in [-0.2, 0) is 30.3 Å². The molecule has 0 bridgehead atoms. The van der Waals surface area contributed by atoms with Crippen LogP contribution in [0.1, 0.15) is 93.6 Å². The topological polar surface area (TPSA) is 63.1 Å². The van der Waals surface area contributed by atoms with Crippen molar-refractivity contribution in [1.29, 1.82) is 0 Å². The van der Waals surface area contributed by atoms with Crippen molar-refractivity contribution < 1.29 is 30.0 Å². The number of benzene rings is 3. The van der Waals surface area contributed by atoms with E-state index in [1.807, 2.05) is 41.5 Å². The normalized spacial score (nSPS) is 12.5. The first kappa shape index (κ1) is 39.6. The van der Waals surface area contributed by atoms with Crippen molar-refractivity contribution >= 4 is 59.5 Å². The zero-order valence-corrected chi connectivity index (χ0v) is 34.8. The third-order valence-electron chi connectivity index (χ3n) is 10.5. The summed E-state index contributed by atoms with van der Waals surface area (Å²) in [5.74, 6) is 0.286. The van der Waals surface area contributed by atoms with Gasteiger partial charge in [0.1, 0.15) is 16.9 Å². The van der Waals surface area contributed by atoms with E-state index < -0.39 is 0 Å². The Labute approximate surface area is 319 Å². The molecule has 0 amide bonds. The van der Waals surface area contributed by atoms with Gasteiger partial charge in [0.05, 0.1) is 0 Å². The summed E-state index contributed by atoms with van der Waals surface area (Å²) < 4.78 is 1.31. The molecule has 0 aliphatic heterocycles. The summed E-state index contributed by atoms with van der Waals surface area (Å²) in [6.45, 7) is 18.9. The monoisotopic (exact) mass is 882 g/mol. The van der Waals surface area contributed by atoms with Crippen LogP contribution in [-0.4, -0.2) is 20.9 Å². The van der Waals surface area contributed by atoms with E-state index in [4.69, 9.17) is 4.98 Å². The summed E-state index contributed by atoms with van der Waals surface area (Å²) in [6, 6.07) is 25.4. The Morgan fingerprint density at radius 1 is 0.820 bits per heavy atom. The zero-order valence-electron chi connectivity index (χ0n) is 30.7. The average molecular weight is 882 g/mol. The number of aromatic nitrogens is 2. The summed E-state index contributed by atoms with van der Waals surface area (Å²) in [5.41, 5.74) is 3.96. The number of hydrogen-bond acceptors (Lipinski definition) is 6. The van der Waals surface area contributed by atoms with Gasteiger partial charge in [0.25, 0.3) is 0 Å². The van der Waals surface area contributed by atoms with Gasteiger partial charge in [-0.1, -0.05) is 104 Å². The van der Waals surface area contributed by atoms with E-state index >= 15 is 0 Å². The van der Waals surface area contributed by atoms with Crippen LogP contribution in [0, 0.1) is 16.9 Å². The molecule has 3 aromatic carbocycles. The molecule has 265 valence electrons. The van der Waals surface area contributed by atoms with Gasteiger partial charge >= 0.3 is 0 Å². The molecule has 0 saturated carbocycles. The van der Waals surface area contributed by atoms with Crippen molar-refractivity contribution in [3.8, 4) is 21.7 Å². The van der Waals surface area contributed by atoms with Gasteiger partial charge in [0.2, 0.25) is 0 Å². The average Bonchev–Trinajstić information content (AvgIpc) is 3.78. The molecule has 4 nitrogen and oxygen atoms in total. The molecule has 3 heterocycles. The number of aliphatic hydroxyl groups excluding tert-OH is 1. The van der Waals surface area contributed by atoms with Crippen molar-refractivity contribution in [3.05, 3.63) is 95.8 Å². The predicted molar refractivity (Wildman–Crippen MR) is 212 cm³/mol. The van der Waals surface area contributed by atoms with Crippen molar-refractivity contribution in [2.24, 2.45) is 10.8 Å². The summed E-state index contributed by atoms with van der Waals surface area (Å²) in [4.78, 5) is 23.8. The number of hydrogen-bond donors (Lipinski definition) is 1. The Morgan fingerprint density at radius 3 is 2.16 bits per heavy atom. The Bertz CT molecular complexity index is 2130. The van der Waals surface area contributed by atoms with E-state index in [0.717, 1.165) is 52.5 Å². The molecule has 0 atom stereocenters. The molecule has 0 saturated heterocycles. The zero-order chi connectivity index (χ0) is 35.6. The van der Waals surface area contributed by atoms with Gasteiger partial charge in [0.15, 0.2) is 5.78 Å². The number of carbonyl (C=O) groups excluding carboxylic acids is 1. The third kappa shape index (κ3) is 7.97. The second-order valence-corrected chi connectivity index (χ2v) is 16.5. The van der Waals surface area contributed by atoms with Crippen LogP contribution in [0.25, 0.3) is 52.8 Å². The first-order chi connectivity index (χ1) is 23.3. The molecular formula is C43H49IrN2O2S2-. The Kier molecular flexibility index (Phi) is 12.6. The van der Waals surface area contributed by atoms with Crippen LogP contribution in [0.2, 0.25) is 0 Å². The molecule has 3 aromatic heterocycles. The second-order valence-electron chi connectivity index (χ2n) is 14.5. The van der Waals surface area contributed by atoms with E-state index in [9.17, 15) is 9.90 Å². The molecule has 1 N–H and O–H groups in total. The van der Waals surface area contributed by atoms with Crippen molar-refractivity contribution in [2.75, 3.05) is 0 Å². The van der Waals surface area contributed by atoms with Gasteiger partial charge in [-0.3, -0.25) is 9.78 Å². The third-order valence-corrected chi connectivity index (χ3v) is 12.5. The molecule has 0 aliphatic rings. The minimum Gasteiger partial charge on any atom is -0.512 e. The summed E-state index contributed by atoms with van der Waals surface area (Å²) in [6.07, 6.45) is 6.44. The molecule has 6 rings (SSSR count). The molecule has 7 heteroatoms. The number of allylic oxidation sites excluding steroid dienone is 2. The van der Waals surface area contributed by atoms with Crippen molar-refractivity contribution in [3.63, 3.8) is 0 Å². The number of ketones is 1. The van der Waals surface area contributed by atoms with Crippen LogP contribution in [0.5, 0.6) is 0 Å². The summed E-state index contributed by atoms with van der Waals surface area (Å²) in [5, 5.41) is 17.1. The maximum atomic E-state index is 12.2. The van der Waals surface area contributed by atoms with Gasteiger partial charge in [-0.2, -0.15) is 0 Å². The molecule has 0 fully saturated rings. The molecule has 0 spiro atoms. The number of rotatable bonds is 9. The minimum absolute atomic E-state index is 0. The van der Waals surface area contributed by atoms with Gasteiger partial charge in [-0.05, 0) is 54.7 Å². The van der Waals surface area contributed by atoms with Gasteiger partial charge in [-0.15, -0.1) is 51.8 Å². The molecule has 1 radical (unpaired) electrons. The van der Waals surface area contributed by atoms with E-state index in [-0.39, 0.29) is 47.9 Å². The number of aliphatic hydroxyl groups is 1. The Morgan fingerprint density at radius 2 is 1.50 bits per heavy atom. The van der Waals surface area contributed by atoms with Gasteiger partial charge in [0, 0.05) is 68.6 Å². The fourth-order valence-electron chi connectivity index (χ4n) is 6.07. The SMILES string of the molecule is CC(C)(C)c1cc(-c2ncnc3sc(-c4cccc5sccc45)cc23)[c-]c2ccccc12.CCC(C)(CC)C(=O)/C=C(\O)C(C)(CC)CC.[Ir]. The van der Waals surface area contributed by atoms with E-state index in [2.05, 4.69) is 97.9 Å². The van der Waals surface area contributed by atoms with Crippen LogP contribution >= 0.6 is 22.7 Å². The van der Waals surface area contributed by atoms with E-state index in [0.29, 0.717) is 0 Å². The standard InChI is InChI=1S/C28H21N2S2.C15H28O2.Ir/c1-28(2,3)23-14-18(13-17-7-4-5-8-19(17)23)26-22-15-25(32-27(22)30-16-29-26)20-9-6-10-24-21(20)11-12-31-24;1-7-14(5,8-2)12(16)11-13(17)15(6,9-3)10-4;/h4-12,14-16H,1-3H3;11,16H,7-10H2,1-6H3;/q-1;;/b;12-11-;. The van der Waals surface area contributed by atoms with Gasteiger partial charge < -0.3 is 5.11 Å². The maximum Gasteiger partial charge on any atom is 0.164 e. The first-order valence-electron chi connectivity index (χ1n) is 17.4. The maximum absolute atomic E-state index is 12.2. The van der Waals surface area contributed by atoms with Crippen LogP contribution in [0.4, 0.5) is 0 Å². The quantitative estimate of drug-likeness (QED) is 0.0893. The van der Waals surface area contributed by atoms with Crippen molar-refractivity contribution in [2.45, 2.75) is 93.4 Å². The summed E-state index contributed by atoms with van der Waals surface area (Å²) >= 11 is 3.51. The fourth-order valence-corrected chi connectivity index (χ4v) is 7.92. The molecule has 0 unspecified atom stereocenters. The largest absolute Gasteiger partial charge is 0.512 e. The van der Waals surface area contributed by atoms with Crippen LogP contribution in [0.3, 0.4) is 0 Å². The molecule has 0 aliphatic carbocycles. The second kappa shape index (κ2) is 16.0. The Balaban J connectivity index is 0.000000269. The first-order valence-corrected chi connectivity index (χ1v) is 19.1. The minimum atomic E-state index is -0.337.